The van der Waals surface area contributed by atoms with Crippen molar-refractivity contribution in [2.45, 2.75) is 37.0 Å². The van der Waals surface area contributed by atoms with Crippen LogP contribution in [0.1, 0.15) is 41.8 Å². The molecule has 1 atom stereocenters. The van der Waals surface area contributed by atoms with Crippen LogP contribution in [0.4, 0.5) is 0 Å². The van der Waals surface area contributed by atoms with E-state index in [0.717, 1.165) is 0 Å². The minimum atomic E-state index is -4.62. The number of sulfonamides is 1. The van der Waals surface area contributed by atoms with Gasteiger partial charge in [-0.3, -0.25) is 9.59 Å². The topological polar surface area (TPSA) is 126 Å². The number of carbonyl (C=O) groups is 3. The van der Waals surface area contributed by atoms with Crippen molar-refractivity contribution in [3.8, 4) is 11.5 Å². The first-order valence-corrected chi connectivity index (χ1v) is 14.7. The van der Waals surface area contributed by atoms with Crippen LogP contribution < -0.4 is 9.47 Å². The van der Waals surface area contributed by atoms with E-state index in [1.165, 1.54) is 18.2 Å². The minimum absolute atomic E-state index is 0.00259. The van der Waals surface area contributed by atoms with Gasteiger partial charge in [0, 0.05) is 17.2 Å². The van der Waals surface area contributed by atoms with Crippen LogP contribution in [0, 0.1) is 5.92 Å². The van der Waals surface area contributed by atoms with Gasteiger partial charge in [-0.05, 0) is 12.0 Å². The molecule has 0 saturated carbocycles. The monoisotopic (exact) mass is 591 g/mol. The van der Waals surface area contributed by atoms with E-state index in [0.29, 0.717) is 15.4 Å². The summed E-state index contributed by atoms with van der Waals surface area (Å²) >= 11 is 0. The van der Waals surface area contributed by atoms with Gasteiger partial charge in [0.2, 0.25) is 0 Å². The zero-order valence-corrected chi connectivity index (χ0v) is 23.8. The number of esters is 2. The van der Waals surface area contributed by atoms with Gasteiger partial charge in [-0.15, -0.1) is 0 Å². The maximum absolute atomic E-state index is 13.8. The SMILES string of the molecule is C=CCOC(=O)[C@H](CC(=O)OCC(C)C)N1C(=O)c2cc3c(cc2S1(=O)=O)OC(c1ccccc1)(c1ccccc1)O3. The fourth-order valence-corrected chi connectivity index (χ4v) is 6.45. The average molecular weight is 592 g/mol. The Morgan fingerprint density at radius 2 is 1.52 bits per heavy atom. The van der Waals surface area contributed by atoms with Gasteiger partial charge < -0.3 is 18.9 Å². The second kappa shape index (κ2) is 11.3. The summed E-state index contributed by atoms with van der Waals surface area (Å²) in [4.78, 5) is 38.8. The summed E-state index contributed by atoms with van der Waals surface area (Å²) in [6.45, 7) is 6.92. The number of hydrogen-bond acceptors (Lipinski definition) is 9. The molecule has 2 heterocycles. The van der Waals surface area contributed by atoms with Crippen LogP contribution in [0.15, 0.2) is 90.3 Å². The molecule has 0 unspecified atom stereocenters. The van der Waals surface area contributed by atoms with Gasteiger partial charge in [-0.2, -0.15) is 0 Å². The summed E-state index contributed by atoms with van der Waals surface area (Å²) in [5.41, 5.74) is 1.06. The van der Waals surface area contributed by atoms with Crippen molar-refractivity contribution in [3.63, 3.8) is 0 Å². The summed E-state index contributed by atoms with van der Waals surface area (Å²) in [6, 6.07) is 18.9. The summed E-state index contributed by atoms with van der Waals surface area (Å²) in [5, 5.41) is 0. The van der Waals surface area contributed by atoms with Crippen molar-refractivity contribution < 1.29 is 41.7 Å². The molecule has 5 rings (SSSR count). The molecule has 1 amide bonds. The fraction of sp³-hybridized carbons (Fsp3) is 0.258. The summed E-state index contributed by atoms with van der Waals surface area (Å²) in [6.07, 6.45) is 0.561. The van der Waals surface area contributed by atoms with Crippen LogP contribution in [0.3, 0.4) is 0 Å². The van der Waals surface area contributed by atoms with Gasteiger partial charge in [0.1, 0.15) is 11.5 Å². The van der Waals surface area contributed by atoms with E-state index in [1.54, 1.807) is 0 Å². The Labute approximate surface area is 243 Å². The number of nitrogens with zero attached hydrogens (tertiary/aromatic N) is 1. The molecule has 0 bridgehead atoms. The Bertz CT molecular complexity index is 1600. The molecular weight excluding hydrogens is 562 g/mol. The molecule has 0 aromatic heterocycles. The Kier molecular flexibility index (Phi) is 7.79. The number of ether oxygens (including phenoxy) is 4. The van der Waals surface area contributed by atoms with Crippen molar-refractivity contribution in [1.29, 1.82) is 0 Å². The summed E-state index contributed by atoms with van der Waals surface area (Å²) in [7, 11) is -4.62. The zero-order chi connectivity index (χ0) is 30.1. The Hall–Kier alpha value is -4.64. The standard InChI is InChI=1S/C31H29NO9S/c1-4-15-38-30(35)24(17-28(33)39-19-20(2)3)32-29(34)23-16-25-26(18-27(23)42(32,36)37)41-31(40-25,21-11-7-5-8-12-21)22-13-9-6-10-14-22/h4-14,16,18,20,24H,1,15,17,19H2,2-3H3/t24-/m0/s1. The number of amides is 1. The van der Waals surface area contributed by atoms with Crippen LogP contribution in [-0.2, 0) is 34.9 Å². The average Bonchev–Trinajstić information content (AvgIpc) is 3.46. The van der Waals surface area contributed by atoms with Crippen molar-refractivity contribution in [2.24, 2.45) is 5.92 Å². The molecule has 218 valence electrons. The summed E-state index contributed by atoms with van der Waals surface area (Å²) < 4.78 is 50.9. The Balaban J connectivity index is 1.53. The number of carbonyl (C=O) groups excluding carboxylic acids is 3. The van der Waals surface area contributed by atoms with E-state index in [1.807, 2.05) is 74.5 Å². The molecular formula is C31H29NO9S. The van der Waals surface area contributed by atoms with Crippen LogP contribution >= 0.6 is 0 Å². The highest BCUT2D eigenvalue weighted by molar-refractivity contribution is 7.90. The highest BCUT2D eigenvalue weighted by atomic mass is 32.2. The lowest BCUT2D eigenvalue weighted by atomic mass is 9.97. The molecule has 2 aliphatic rings. The second-order valence-corrected chi connectivity index (χ2v) is 12.0. The molecule has 11 heteroatoms. The summed E-state index contributed by atoms with van der Waals surface area (Å²) in [5.74, 6) is -4.17. The third kappa shape index (κ3) is 5.11. The quantitative estimate of drug-likeness (QED) is 0.252. The maximum atomic E-state index is 13.8. The highest BCUT2D eigenvalue weighted by Crippen LogP contribution is 2.50. The maximum Gasteiger partial charge on any atom is 0.331 e. The predicted octanol–water partition coefficient (Wildman–Crippen LogP) is 4.19. The van der Waals surface area contributed by atoms with E-state index in [2.05, 4.69) is 6.58 Å². The first-order chi connectivity index (χ1) is 20.1. The second-order valence-electron chi connectivity index (χ2n) is 10.2. The zero-order valence-electron chi connectivity index (χ0n) is 23.0. The first kappa shape index (κ1) is 28.9. The Morgan fingerprint density at radius 3 is 2.07 bits per heavy atom. The largest absolute Gasteiger partial charge is 0.465 e. The van der Waals surface area contributed by atoms with Crippen LogP contribution in [0.2, 0.25) is 0 Å². The van der Waals surface area contributed by atoms with Crippen LogP contribution in [0.25, 0.3) is 0 Å². The van der Waals surface area contributed by atoms with Crippen molar-refractivity contribution >= 4 is 27.9 Å². The lowest BCUT2D eigenvalue weighted by Crippen LogP contribution is -2.47. The molecule has 0 fully saturated rings. The molecule has 0 saturated heterocycles. The molecule has 0 radical (unpaired) electrons. The van der Waals surface area contributed by atoms with Crippen LogP contribution in [0.5, 0.6) is 11.5 Å². The molecule has 10 nitrogen and oxygen atoms in total. The van der Waals surface area contributed by atoms with Crippen molar-refractivity contribution in [2.75, 3.05) is 13.2 Å². The van der Waals surface area contributed by atoms with Gasteiger partial charge >= 0.3 is 17.7 Å². The van der Waals surface area contributed by atoms with Gasteiger partial charge in [0.05, 0.1) is 18.6 Å². The third-order valence-corrected chi connectivity index (χ3v) is 8.50. The van der Waals surface area contributed by atoms with E-state index in [-0.39, 0.29) is 41.1 Å². The normalized spacial score (nSPS) is 16.5. The lowest BCUT2D eigenvalue weighted by molar-refractivity contribution is -0.153. The van der Waals surface area contributed by atoms with Gasteiger partial charge in [0.25, 0.3) is 15.9 Å². The van der Waals surface area contributed by atoms with E-state index in [9.17, 15) is 22.8 Å². The van der Waals surface area contributed by atoms with E-state index < -0.39 is 46.1 Å². The van der Waals surface area contributed by atoms with Gasteiger partial charge in [-0.1, -0.05) is 87.2 Å². The van der Waals surface area contributed by atoms with Crippen molar-refractivity contribution in [1.82, 2.24) is 4.31 Å². The molecule has 0 aliphatic carbocycles. The molecule has 0 spiro atoms. The number of rotatable bonds is 10. The minimum Gasteiger partial charge on any atom is -0.465 e. The predicted molar refractivity (Wildman–Crippen MR) is 150 cm³/mol. The van der Waals surface area contributed by atoms with Crippen LogP contribution in [-0.4, -0.2) is 49.8 Å². The van der Waals surface area contributed by atoms with E-state index in [4.69, 9.17) is 18.9 Å². The molecule has 2 aliphatic heterocycles. The molecule has 0 N–H and O–H groups in total. The fourth-order valence-electron chi connectivity index (χ4n) is 4.75. The Morgan fingerprint density at radius 1 is 0.952 bits per heavy atom. The number of hydrogen-bond donors (Lipinski definition) is 0. The lowest BCUT2D eigenvalue weighted by Gasteiger charge is -2.28. The first-order valence-electron chi connectivity index (χ1n) is 13.3. The third-order valence-electron chi connectivity index (χ3n) is 6.66. The molecule has 3 aromatic carbocycles. The molecule has 3 aromatic rings. The van der Waals surface area contributed by atoms with Crippen molar-refractivity contribution in [3.05, 3.63) is 102 Å². The number of benzene rings is 3. The van der Waals surface area contributed by atoms with Gasteiger partial charge in [0.15, 0.2) is 17.5 Å². The van der Waals surface area contributed by atoms with E-state index >= 15 is 0 Å². The molecule has 42 heavy (non-hydrogen) atoms. The number of fused-ring (bicyclic) bond motifs is 2. The highest BCUT2D eigenvalue weighted by Gasteiger charge is 2.52. The van der Waals surface area contributed by atoms with Gasteiger partial charge in [-0.25, -0.2) is 17.5 Å². The smallest absolute Gasteiger partial charge is 0.331 e.